The van der Waals surface area contributed by atoms with E-state index in [4.69, 9.17) is 0 Å². The van der Waals surface area contributed by atoms with E-state index in [0.717, 1.165) is 40.3 Å². The van der Waals surface area contributed by atoms with Crippen molar-refractivity contribution >= 4 is 39.3 Å². The number of hydrogen-bond donors (Lipinski definition) is 1. The van der Waals surface area contributed by atoms with Gasteiger partial charge in [0.1, 0.15) is 5.82 Å². The van der Waals surface area contributed by atoms with Crippen LogP contribution in [0.1, 0.15) is 21.5 Å². The molecule has 1 amide bonds. The predicted molar refractivity (Wildman–Crippen MR) is 106 cm³/mol. The van der Waals surface area contributed by atoms with Crippen molar-refractivity contribution in [3.8, 4) is 0 Å². The maximum Gasteiger partial charge on any atom is 0.254 e. The minimum absolute atomic E-state index is 0.0799. The van der Waals surface area contributed by atoms with Crippen LogP contribution in [0.5, 0.6) is 0 Å². The van der Waals surface area contributed by atoms with E-state index in [0.29, 0.717) is 17.7 Å². The first-order chi connectivity index (χ1) is 12.1. The number of nitrogens with zero attached hydrogens (tertiary/aromatic N) is 1. The van der Waals surface area contributed by atoms with E-state index in [9.17, 15) is 9.18 Å². The van der Waals surface area contributed by atoms with Crippen molar-refractivity contribution in [2.24, 2.45) is 0 Å². The molecule has 1 fully saturated rings. The van der Waals surface area contributed by atoms with E-state index in [1.165, 1.54) is 6.07 Å². The van der Waals surface area contributed by atoms with Crippen LogP contribution >= 0.6 is 27.7 Å². The molecule has 0 aliphatic carbocycles. The van der Waals surface area contributed by atoms with Crippen molar-refractivity contribution in [1.82, 2.24) is 4.90 Å². The van der Waals surface area contributed by atoms with Gasteiger partial charge in [0.25, 0.3) is 5.91 Å². The third-order valence-corrected chi connectivity index (χ3v) is 5.78. The molecule has 2 aromatic carbocycles. The third-order valence-electron chi connectivity index (χ3n) is 4.35. The smallest absolute Gasteiger partial charge is 0.254 e. The van der Waals surface area contributed by atoms with Gasteiger partial charge in [0.05, 0.1) is 0 Å². The lowest BCUT2D eigenvalue weighted by Gasteiger charge is -2.27. The predicted octanol–water partition coefficient (Wildman–Crippen LogP) is 4.70. The van der Waals surface area contributed by atoms with Gasteiger partial charge >= 0.3 is 0 Å². The van der Waals surface area contributed by atoms with Crippen LogP contribution in [0.15, 0.2) is 40.9 Å². The van der Waals surface area contributed by atoms with Gasteiger partial charge in [-0.1, -0.05) is 28.1 Å². The second kappa shape index (κ2) is 8.23. The summed E-state index contributed by atoms with van der Waals surface area (Å²) in [6.45, 7) is 3.90. The lowest BCUT2D eigenvalue weighted by molar-refractivity contribution is 0.0771. The molecule has 0 saturated carbocycles. The first-order valence-electron chi connectivity index (χ1n) is 8.20. The zero-order valence-electron chi connectivity index (χ0n) is 14.0. The minimum atomic E-state index is -0.252. The van der Waals surface area contributed by atoms with Crippen molar-refractivity contribution in [1.29, 1.82) is 0 Å². The van der Waals surface area contributed by atoms with Gasteiger partial charge in [-0.15, -0.1) is 0 Å². The molecule has 1 aliphatic rings. The molecule has 1 saturated heterocycles. The number of halogens is 2. The number of carbonyl (C=O) groups is 1. The number of anilines is 1. The highest BCUT2D eigenvalue weighted by molar-refractivity contribution is 9.10. The highest BCUT2D eigenvalue weighted by Crippen LogP contribution is 2.23. The number of amides is 1. The molecule has 25 heavy (non-hydrogen) atoms. The summed E-state index contributed by atoms with van der Waals surface area (Å²) in [6, 6.07) is 10.7. The molecule has 0 spiro atoms. The quantitative estimate of drug-likeness (QED) is 0.774. The highest BCUT2D eigenvalue weighted by Gasteiger charge is 2.20. The summed E-state index contributed by atoms with van der Waals surface area (Å²) in [5.74, 6) is 1.81. The Labute approximate surface area is 160 Å². The molecule has 0 bridgehead atoms. The van der Waals surface area contributed by atoms with E-state index < -0.39 is 0 Å². The Morgan fingerprint density at radius 1 is 1.28 bits per heavy atom. The Morgan fingerprint density at radius 2 is 2.04 bits per heavy atom. The first-order valence-corrected chi connectivity index (χ1v) is 10.2. The van der Waals surface area contributed by atoms with E-state index in [1.54, 1.807) is 6.07 Å². The van der Waals surface area contributed by atoms with Gasteiger partial charge in [-0.05, 0) is 36.8 Å². The van der Waals surface area contributed by atoms with E-state index in [-0.39, 0.29) is 11.7 Å². The standard InChI is InChI=1S/C19H20BrFN2OS/c1-13-16(19(24)23-7-9-25-10-8-23)3-2-4-18(13)22-12-14-5-6-15(20)11-17(14)21/h2-6,11,22H,7-10,12H2,1H3. The summed E-state index contributed by atoms with van der Waals surface area (Å²) in [5, 5.41) is 3.26. The van der Waals surface area contributed by atoms with Gasteiger partial charge in [-0.2, -0.15) is 11.8 Å². The number of rotatable bonds is 4. The molecule has 3 rings (SSSR count). The molecule has 0 atom stereocenters. The Morgan fingerprint density at radius 3 is 2.76 bits per heavy atom. The zero-order valence-corrected chi connectivity index (χ0v) is 16.4. The monoisotopic (exact) mass is 422 g/mol. The van der Waals surface area contributed by atoms with Crippen molar-refractivity contribution in [2.75, 3.05) is 29.9 Å². The first kappa shape index (κ1) is 18.3. The van der Waals surface area contributed by atoms with Crippen LogP contribution in [-0.4, -0.2) is 35.4 Å². The average Bonchev–Trinajstić information content (AvgIpc) is 2.62. The summed E-state index contributed by atoms with van der Waals surface area (Å²) in [4.78, 5) is 14.7. The largest absolute Gasteiger partial charge is 0.381 e. The molecule has 132 valence electrons. The molecule has 0 radical (unpaired) electrons. The fraction of sp³-hybridized carbons (Fsp3) is 0.316. The summed E-state index contributed by atoms with van der Waals surface area (Å²) < 4.78 is 14.7. The van der Waals surface area contributed by atoms with Crippen LogP contribution in [0.25, 0.3) is 0 Å². The SMILES string of the molecule is Cc1c(NCc2ccc(Br)cc2F)cccc1C(=O)N1CCSCC1. The Kier molecular flexibility index (Phi) is 6.02. The van der Waals surface area contributed by atoms with Crippen molar-refractivity contribution in [3.63, 3.8) is 0 Å². The van der Waals surface area contributed by atoms with Gasteiger partial charge < -0.3 is 10.2 Å². The van der Waals surface area contributed by atoms with Crippen molar-refractivity contribution in [3.05, 3.63) is 63.4 Å². The van der Waals surface area contributed by atoms with Gasteiger partial charge in [-0.3, -0.25) is 4.79 Å². The molecular formula is C19H20BrFN2OS. The lowest BCUT2D eigenvalue weighted by Crippen LogP contribution is -2.38. The molecule has 0 aromatic heterocycles. The van der Waals surface area contributed by atoms with Crippen LogP contribution in [0, 0.1) is 12.7 Å². The minimum Gasteiger partial charge on any atom is -0.381 e. The normalized spacial score (nSPS) is 14.4. The van der Waals surface area contributed by atoms with Gasteiger partial charge in [-0.25, -0.2) is 4.39 Å². The maximum atomic E-state index is 14.0. The molecule has 6 heteroatoms. The Balaban J connectivity index is 1.75. The fourth-order valence-corrected chi connectivity index (χ4v) is 4.09. The number of benzene rings is 2. The number of carbonyl (C=O) groups excluding carboxylic acids is 1. The third kappa shape index (κ3) is 4.36. The lowest BCUT2D eigenvalue weighted by atomic mass is 10.0. The molecule has 2 aromatic rings. The topological polar surface area (TPSA) is 32.3 Å². The number of nitrogens with one attached hydrogen (secondary N) is 1. The zero-order chi connectivity index (χ0) is 17.8. The highest BCUT2D eigenvalue weighted by atomic mass is 79.9. The van der Waals surface area contributed by atoms with Crippen LogP contribution in [0.4, 0.5) is 10.1 Å². The van der Waals surface area contributed by atoms with E-state index in [2.05, 4.69) is 21.2 Å². The van der Waals surface area contributed by atoms with Crippen LogP contribution < -0.4 is 5.32 Å². The summed E-state index contributed by atoms with van der Waals surface area (Å²) >= 11 is 5.14. The van der Waals surface area contributed by atoms with Gasteiger partial charge in [0.15, 0.2) is 0 Å². The second-order valence-corrected chi connectivity index (χ2v) is 8.11. The fourth-order valence-electron chi connectivity index (χ4n) is 2.85. The molecule has 0 unspecified atom stereocenters. The van der Waals surface area contributed by atoms with Crippen LogP contribution in [0.2, 0.25) is 0 Å². The van der Waals surface area contributed by atoms with Crippen LogP contribution in [-0.2, 0) is 6.54 Å². The Hall–Kier alpha value is -1.53. The van der Waals surface area contributed by atoms with Crippen molar-refractivity contribution < 1.29 is 9.18 Å². The van der Waals surface area contributed by atoms with E-state index in [1.807, 2.05) is 47.9 Å². The number of hydrogen-bond acceptors (Lipinski definition) is 3. The second-order valence-electron chi connectivity index (χ2n) is 5.97. The summed E-state index contributed by atoms with van der Waals surface area (Å²) in [5.41, 5.74) is 3.07. The molecule has 1 N–H and O–H groups in total. The summed E-state index contributed by atoms with van der Waals surface area (Å²) in [7, 11) is 0. The van der Waals surface area contributed by atoms with Crippen molar-refractivity contribution in [2.45, 2.75) is 13.5 Å². The molecule has 3 nitrogen and oxygen atoms in total. The molecular weight excluding hydrogens is 403 g/mol. The molecule has 1 aliphatic heterocycles. The van der Waals surface area contributed by atoms with Crippen LogP contribution in [0.3, 0.4) is 0 Å². The average molecular weight is 423 g/mol. The number of thioether (sulfide) groups is 1. The molecule has 1 heterocycles. The van der Waals surface area contributed by atoms with Gasteiger partial charge in [0, 0.05) is 52.4 Å². The van der Waals surface area contributed by atoms with Gasteiger partial charge in [0.2, 0.25) is 0 Å². The van der Waals surface area contributed by atoms with E-state index >= 15 is 0 Å². The Bertz CT molecular complexity index is 778. The summed E-state index contributed by atoms with van der Waals surface area (Å²) in [6.07, 6.45) is 0. The maximum absolute atomic E-state index is 14.0.